The Morgan fingerprint density at radius 3 is 2.67 bits per heavy atom. The highest BCUT2D eigenvalue weighted by molar-refractivity contribution is 6.30. The van der Waals surface area contributed by atoms with Crippen molar-refractivity contribution in [3.63, 3.8) is 0 Å². The molecule has 0 radical (unpaired) electrons. The fraction of sp³-hybridized carbons (Fsp3) is 0.0588. The second kappa shape index (κ2) is 5.90. The molecule has 0 spiro atoms. The normalized spacial score (nSPS) is 10.9. The van der Waals surface area contributed by atoms with E-state index in [1.54, 1.807) is 4.68 Å². The van der Waals surface area contributed by atoms with E-state index < -0.39 is 0 Å². The smallest absolute Gasteiger partial charge is 0.280 e. The minimum absolute atomic E-state index is 0.333. The molecule has 7 heteroatoms. The van der Waals surface area contributed by atoms with Crippen LogP contribution in [0.3, 0.4) is 0 Å². The predicted octanol–water partition coefficient (Wildman–Crippen LogP) is 3.95. The van der Waals surface area contributed by atoms with Crippen LogP contribution in [-0.4, -0.2) is 25.1 Å². The van der Waals surface area contributed by atoms with Gasteiger partial charge in [0.25, 0.3) is 5.89 Å². The third-order valence-corrected chi connectivity index (χ3v) is 3.84. The molecule has 0 bridgehead atoms. The van der Waals surface area contributed by atoms with Gasteiger partial charge in [0, 0.05) is 10.6 Å². The van der Waals surface area contributed by atoms with E-state index in [1.165, 1.54) is 0 Å². The molecule has 0 N–H and O–H groups in total. The van der Waals surface area contributed by atoms with Crippen LogP contribution in [0.15, 0.2) is 59.1 Å². The van der Waals surface area contributed by atoms with Crippen LogP contribution in [0.1, 0.15) is 5.69 Å². The van der Waals surface area contributed by atoms with Gasteiger partial charge in [0.2, 0.25) is 5.82 Å². The Morgan fingerprint density at radius 1 is 1.04 bits per heavy atom. The van der Waals surface area contributed by atoms with E-state index in [4.69, 9.17) is 16.1 Å². The van der Waals surface area contributed by atoms with E-state index in [9.17, 15) is 0 Å². The Bertz CT molecular complexity index is 993. The van der Waals surface area contributed by atoms with Gasteiger partial charge in [-0.05, 0) is 25.1 Å². The predicted molar refractivity (Wildman–Crippen MR) is 89.8 cm³/mol. The Labute approximate surface area is 142 Å². The summed E-state index contributed by atoms with van der Waals surface area (Å²) in [7, 11) is 0. The first-order valence-corrected chi connectivity index (χ1v) is 7.68. The molecule has 4 rings (SSSR count). The zero-order chi connectivity index (χ0) is 16.5. The number of benzene rings is 2. The fourth-order valence-corrected chi connectivity index (χ4v) is 2.59. The van der Waals surface area contributed by atoms with Crippen LogP contribution < -0.4 is 0 Å². The molecule has 0 aliphatic heterocycles. The molecule has 0 atom stereocenters. The monoisotopic (exact) mass is 337 g/mol. The van der Waals surface area contributed by atoms with E-state index in [0.29, 0.717) is 22.4 Å². The summed E-state index contributed by atoms with van der Waals surface area (Å²) in [5, 5.41) is 13.0. The molecular weight excluding hydrogens is 326 g/mol. The molecule has 2 aromatic carbocycles. The van der Waals surface area contributed by atoms with Crippen LogP contribution in [0.25, 0.3) is 28.7 Å². The highest BCUT2D eigenvalue weighted by Crippen LogP contribution is 2.24. The van der Waals surface area contributed by atoms with Crippen molar-refractivity contribution in [2.45, 2.75) is 6.92 Å². The molecule has 24 heavy (non-hydrogen) atoms. The van der Waals surface area contributed by atoms with Gasteiger partial charge >= 0.3 is 0 Å². The molecule has 0 unspecified atom stereocenters. The van der Waals surface area contributed by atoms with Gasteiger partial charge in [-0.2, -0.15) is 4.98 Å². The number of nitrogens with zero attached hydrogens (tertiary/aromatic N) is 5. The van der Waals surface area contributed by atoms with E-state index in [-0.39, 0.29) is 0 Å². The maximum atomic E-state index is 6.04. The van der Waals surface area contributed by atoms with Gasteiger partial charge in [0.15, 0.2) is 5.69 Å². The van der Waals surface area contributed by atoms with Crippen molar-refractivity contribution in [1.29, 1.82) is 0 Å². The van der Waals surface area contributed by atoms with Crippen LogP contribution >= 0.6 is 11.6 Å². The molecule has 6 nitrogen and oxygen atoms in total. The van der Waals surface area contributed by atoms with Crippen molar-refractivity contribution in [1.82, 2.24) is 25.1 Å². The summed E-state index contributed by atoms with van der Waals surface area (Å²) < 4.78 is 7.04. The lowest BCUT2D eigenvalue weighted by Crippen LogP contribution is -1.98. The second-order valence-electron chi connectivity index (χ2n) is 5.20. The molecule has 0 saturated carbocycles. The second-order valence-corrected chi connectivity index (χ2v) is 5.64. The van der Waals surface area contributed by atoms with Crippen molar-refractivity contribution < 1.29 is 4.52 Å². The third kappa shape index (κ3) is 2.57. The first-order valence-electron chi connectivity index (χ1n) is 7.30. The van der Waals surface area contributed by atoms with Crippen molar-refractivity contribution in [3.8, 4) is 28.7 Å². The number of halogens is 1. The van der Waals surface area contributed by atoms with Crippen molar-refractivity contribution in [3.05, 3.63) is 65.3 Å². The molecule has 0 aliphatic carbocycles. The van der Waals surface area contributed by atoms with Gasteiger partial charge in [-0.1, -0.05) is 58.4 Å². The van der Waals surface area contributed by atoms with Crippen LogP contribution in [0, 0.1) is 6.92 Å². The van der Waals surface area contributed by atoms with Crippen molar-refractivity contribution >= 4 is 11.6 Å². The lowest BCUT2D eigenvalue weighted by Gasteiger charge is -2.02. The first kappa shape index (κ1) is 14.6. The van der Waals surface area contributed by atoms with Gasteiger partial charge in [-0.3, -0.25) is 0 Å². The van der Waals surface area contributed by atoms with E-state index in [0.717, 1.165) is 16.9 Å². The fourth-order valence-electron chi connectivity index (χ4n) is 2.40. The Morgan fingerprint density at radius 2 is 1.88 bits per heavy atom. The summed E-state index contributed by atoms with van der Waals surface area (Å²) in [4.78, 5) is 4.42. The highest BCUT2D eigenvalue weighted by Gasteiger charge is 2.18. The van der Waals surface area contributed by atoms with E-state index in [1.807, 2.05) is 61.5 Å². The van der Waals surface area contributed by atoms with Crippen molar-refractivity contribution in [2.24, 2.45) is 0 Å². The quantitative estimate of drug-likeness (QED) is 0.566. The highest BCUT2D eigenvalue weighted by atomic mass is 35.5. The summed E-state index contributed by atoms with van der Waals surface area (Å²) in [5.41, 5.74) is 3.04. The molecule has 0 fully saturated rings. The molecule has 0 aliphatic rings. The summed E-state index contributed by atoms with van der Waals surface area (Å²) in [6.07, 6.45) is 0. The number of hydrogen-bond donors (Lipinski definition) is 0. The average molecular weight is 338 g/mol. The standard InChI is InChI=1S/C17H12ClN5O/c1-11-15(20-22-23(11)14-9-5-8-13(18)10-14)17-19-16(21-24-17)12-6-3-2-4-7-12/h2-10H,1H3. The maximum Gasteiger partial charge on any atom is 0.280 e. The van der Waals surface area contributed by atoms with Crippen molar-refractivity contribution in [2.75, 3.05) is 0 Å². The molecule has 4 aromatic rings. The molecule has 2 heterocycles. The van der Waals surface area contributed by atoms with E-state index >= 15 is 0 Å². The third-order valence-electron chi connectivity index (χ3n) is 3.61. The topological polar surface area (TPSA) is 69.6 Å². The van der Waals surface area contributed by atoms with Gasteiger partial charge in [-0.25, -0.2) is 4.68 Å². The molecule has 118 valence electrons. The van der Waals surface area contributed by atoms with Gasteiger partial charge in [0.05, 0.1) is 11.4 Å². The SMILES string of the molecule is Cc1c(-c2nc(-c3ccccc3)no2)nnn1-c1cccc(Cl)c1. The van der Waals surface area contributed by atoms with Gasteiger partial charge < -0.3 is 4.52 Å². The Balaban J connectivity index is 1.73. The summed E-state index contributed by atoms with van der Waals surface area (Å²) >= 11 is 6.04. The number of rotatable bonds is 3. The minimum Gasteiger partial charge on any atom is -0.332 e. The Kier molecular flexibility index (Phi) is 3.59. The summed E-state index contributed by atoms with van der Waals surface area (Å²) in [6.45, 7) is 1.89. The number of aromatic nitrogens is 5. The summed E-state index contributed by atoms with van der Waals surface area (Å²) in [5.74, 6) is 0.849. The zero-order valence-corrected chi connectivity index (χ0v) is 13.5. The van der Waals surface area contributed by atoms with Crippen LogP contribution in [0.4, 0.5) is 0 Å². The van der Waals surface area contributed by atoms with E-state index in [2.05, 4.69) is 20.5 Å². The Hall–Kier alpha value is -2.99. The van der Waals surface area contributed by atoms with Crippen LogP contribution in [-0.2, 0) is 0 Å². The van der Waals surface area contributed by atoms with Crippen LogP contribution in [0.5, 0.6) is 0 Å². The number of hydrogen-bond acceptors (Lipinski definition) is 5. The van der Waals surface area contributed by atoms with Crippen LogP contribution in [0.2, 0.25) is 5.02 Å². The minimum atomic E-state index is 0.333. The van der Waals surface area contributed by atoms with Gasteiger partial charge in [-0.15, -0.1) is 5.10 Å². The molecule has 2 aromatic heterocycles. The molecule has 0 amide bonds. The zero-order valence-electron chi connectivity index (χ0n) is 12.7. The largest absolute Gasteiger partial charge is 0.332 e. The van der Waals surface area contributed by atoms with Gasteiger partial charge in [0.1, 0.15) is 0 Å². The molecule has 0 saturated heterocycles. The summed E-state index contributed by atoms with van der Waals surface area (Å²) in [6, 6.07) is 17.0. The molecular formula is C17H12ClN5O. The maximum absolute atomic E-state index is 6.04. The lowest BCUT2D eigenvalue weighted by molar-refractivity contribution is 0.430. The average Bonchev–Trinajstić information content (AvgIpc) is 3.22. The lowest BCUT2D eigenvalue weighted by atomic mass is 10.2. The first-order chi connectivity index (χ1) is 11.7.